The maximum Gasteiger partial charge on any atom is 0.270 e. The van der Waals surface area contributed by atoms with Crippen LogP contribution < -0.4 is 5.32 Å². The molecule has 0 spiro atoms. The number of rotatable bonds is 7. The monoisotopic (exact) mass is 456 g/mol. The number of fused-ring (bicyclic) bond motifs is 1. The van der Waals surface area contributed by atoms with Crippen molar-refractivity contribution >= 4 is 32.5 Å². The quantitative estimate of drug-likeness (QED) is 0.434. The number of hydrogen-bond acceptors (Lipinski definition) is 5. The van der Waals surface area contributed by atoms with Crippen LogP contribution in [0.2, 0.25) is 0 Å². The number of non-ortho nitro benzene ring substituents is 1. The summed E-state index contributed by atoms with van der Waals surface area (Å²) in [6, 6.07) is 14.7. The van der Waals surface area contributed by atoms with Crippen LogP contribution >= 0.6 is 0 Å². The van der Waals surface area contributed by atoms with E-state index in [1.165, 1.54) is 16.4 Å². The number of carbonyl (C=O) groups is 1. The third-order valence-corrected chi connectivity index (χ3v) is 7.73. The first kappa shape index (κ1) is 22.0. The maximum absolute atomic E-state index is 12.7. The minimum absolute atomic E-state index is 0.0142. The molecule has 3 aromatic rings. The normalized spacial score (nSPS) is 15.6. The van der Waals surface area contributed by atoms with Crippen molar-refractivity contribution in [1.82, 2.24) is 14.2 Å². The highest BCUT2D eigenvalue weighted by molar-refractivity contribution is 7.89. The molecular formula is C22H24N4O5S. The molecule has 32 heavy (non-hydrogen) atoms. The number of sulfonamides is 1. The molecule has 0 unspecified atom stereocenters. The van der Waals surface area contributed by atoms with Gasteiger partial charge >= 0.3 is 0 Å². The topological polar surface area (TPSA) is 115 Å². The minimum Gasteiger partial charge on any atom is -0.354 e. The van der Waals surface area contributed by atoms with Gasteiger partial charge in [-0.3, -0.25) is 14.9 Å². The summed E-state index contributed by atoms with van der Waals surface area (Å²) in [5.74, 6) is 0.0606. The van der Waals surface area contributed by atoms with E-state index in [0.717, 1.165) is 5.52 Å². The van der Waals surface area contributed by atoms with Gasteiger partial charge in [-0.05, 0) is 43.0 Å². The van der Waals surface area contributed by atoms with Gasteiger partial charge in [0.05, 0.1) is 9.82 Å². The number of nitro benzene ring substituents is 1. The first-order valence-electron chi connectivity index (χ1n) is 10.4. The van der Waals surface area contributed by atoms with E-state index >= 15 is 0 Å². The lowest BCUT2D eigenvalue weighted by Crippen LogP contribution is -2.41. The molecule has 9 nitrogen and oxygen atoms in total. The van der Waals surface area contributed by atoms with E-state index in [-0.39, 0.29) is 24.1 Å². The van der Waals surface area contributed by atoms with Crippen LogP contribution in [0.25, 0.3) is 10.9 Å². The molecule has 1 fully saturated rings. The molecule has 0 saturated carbocycles. The first-order valence-corrected chi connectivity index (χ1v) is 11.8. The summed E-state index contributed by atoms with van der Waals surface area (Å²) < 4.78 is 28.7. The number of nitrogens with zero attached hydrogens (tertiary/aromatic N) is 3. The Kier molecular flexibility index (Phi) is 6.24. The van der Waals surface area contributed by atoms with Gasteiger partial charge in [0.2, 0.25) is 15.9 Å². The van der Waals surface area contributed by atoms with Crippen LogP contribution in [0, 0.1) is 16.0 Å². The zero-order valence-corrected chi connectivity index (χ0v) is 18.2. The number of aromatic nitrogens is 1. The smallest absolute Gasteiger partial charge is 0.270 e. The second-order valence-electron chi connectivity index (χ2n) is 7.91. The number of nitrogens with one attached hydrogen (secondary N) is 1. The molecule has 1 aromatic heterocycles. The van der Waals surface area contributed by atoms with Crippen LogP contribution in [0.5, 0.6) is 0 Å². The summed E-state index contributed by atoms with van der Waals surface area (Å²) in [6.07, 6.45) is 3.10. The molecule has 1 amide bonds. The Morgan fingerprint density at radius 3 is 2.50 bits per heavy atom. The van der Waals surface area contributed by atoms with E-state index < -0.39 is 14.9 Å². The first-order chi connectivity index (χ1) is 15.3. The lowest BCUT2D eigenvalue weighted by atomic mass is 9.98. The number of hydrogen-bond donors (Lipinski definition) is 1. The van der Waals surface area contributed by atoms with Gasteiger partial charge in [-0.1, -0.05) is 18.2 Å². The van der Waals surface area contributed by atoms with Crippen LogP contribution in [0.4, 0.5) is 5.69 Å². The number of piperidine rings is 1. The van der Waals surface area contributed by atoms with Crippen molar-refractivity contribution in [2.75, 3.05) is 19.6 Å². The summed E-state index contributed by atoms with van der Waals surface area (Å²) in [5, 5.41) is 14.6. The Hall–Kier alpha value is -3.24. The van der Waals surface area contributed by atoms with Crippen LogP contribution in [-0.4, -0.2) is 47.8 Å². The van der Waals surface area contributed by atoms with Crippen molar-refractivity contribution in [3.8, 4) is 0 Å². The van der Waals surface area contributed by atoms with Crippen LogP contribution in [0.15, 0.2) is 65.7 Å². The number of carbonyl (C=O) groups excluding carboxylic acids is 1. The van der Waals surface area contributed by atoms with Crippen molar-refractivity contribution < 1.29 is 18.1 Å². The molecule has 0 atom stereocenters. The number of benzene rings is 2. The largest absolute Gasteiger partial charge is 0.354 e. The van der Waals surface area contributed by atoms with Crippen molar-refractivity contribution in [1.29, 1.82) is 0 Å². The molecule has 0 radical (unpaired) electrons. The molecule has 168 valence electrons. The molecule has 2 heterocycles. The zero-order valence-electron chi connectivity index (χ0n) is 17.4. The lowest BCUT2D eigenvalue weighted by Gasteiger charge is -2.31. The van der Waals surface area contributed by atoms with Crippen molar-refractivity contribution in [3.63, 3.8) is 0 Å². The molecule has 4 rings (SSSR count). The lowest BCUT2D eigenvalue weighted by molar-refractivity contribution is -0.384. The second-order valence-corrected chi connectivity index (χ2v) is 9.85. The fourth-order valence-electron chi connectivity index (χ4n) is 4.00. The van der Waals surface area contributed by atoms with Crippen molar-refractivity contribution in [2.45, 2.75) is 24.3 Å². The summed E-state index contributed by atoms with van der Waals surface area (Å²) in [4.78, 5) is 23.2. The highest BCUT2D eigenvalue weighted by atomic mass is 32.2. The van der Waals surface area contributed by atoms with E-state index in [1.807, 2.05) is 0 Å². The average molecular weight is 457 g/mol. The van der Waals surface area contributed by atoms with E-state index in [2.05, 4.69) is 5.32 Å². The highest BCUT2D eigenvalue weighted by Crippen LogP contribution is 2.24. The average Bonchev–Trinajstić information content (AvgIpc) is 3.20. The van der Waals surface area contributed by atoms with E-state index in [9.17, 15) is 23.3 Å². The molecule has 0 aliphatic carbocycles. The SMILES string of the molecule is O=C(Cn1ccc2cc([N+](=O)[O-])ccc21)NCC1CCN(S(=O)(=O)c2ccccc2)CC1. The predicted molar refractivity (Wildman–Crippen MR) is 120 cm³/mol. The van der Waals surface area contributed by atoms with Crippen LogP contribution in [0.3, 0.4) is 0 Å². The van der Waals surface area contributed by atoms with Crippen molar-refractivity contribution in [2.24, 2.45) is 5.92 Å². The molecule has 1 N–H and O–H groups in total. The van der Waals surface area contributed by atoms with Gasteiger partial charge in [0.25, 0.3) is 5.69 Å². The Morgan fingerprint density at radius 2 is 1.81 bits per heavy atom. The molecule has 10 heteroatoms. The maximum atomic E-state index is 12.7. The van der Waals surface area contributed by atoms with E-state index in [4.69, 9.17) is 0 Å². The molecule has 2 aromatic carbocycles. The third kappa shape index (κ3) is 4.66. The predicted octanol–water partition coefficient (Wildman–Crippen LogP) is 2.77. The summed E-state index contributed by atoms with van der Waals surface area (Å²) >= 11 is 0. The van der Waals surface area contributed by atoms with E-state index in [0.29, 0.717) is 42.8 Å². The summed E-state index contributed by atoms with van der Waals surface area (Å²) in [5.41, 5.74) is 0.769. The summed E-state index contributed by atoms with van der Waals surface area (Å²) in [6.45, 7) is 1.46. The Morgan fingerprint density at radius 1 is 1.09 bits per heavy atom. The van der Waals surface area contributed by atoms with Crippen molar-refractivity contribution in [3.05, 3.63) is 70.9 Å². The minimum atomic E-state index is -3.48. The van der Waals surface area contributed by atoms with E-state index in [1.54, 1.807) is 53.2 Å². The third-order valence-electron chi connectivity index (χ3n) is 5.82. The molecule has 1 saturated heterocycles. The van der Waals surface area contributed by atoms with Crippen LogP contribution in [-0.2, 0) is 21.4 Å². The second kappa shape index (κ2) is 9.09. The van der Waals surface area contributed by atoms with Gasteiger partial charge in [-0.25, -0.2) is 8.42 Å². The molecule has 1 aliphatic rings. The zero-order chi connectivity index (χ0) is 22.7. The fraction of sp³-hybridized carbons (Fsp3) is 0.318. The van der Waals surface area contributed by atoms with Gasteiger partial charge in [-0.2, -0.15) is 4.31 Å². The highest BCUT2D eigenvalue weighted by Gasteiger charge is 2.29. The molecule has 1 aliphatic heterocycles. The summed E-state index contributed by atoms with van der Waals surface area (Å²) in [7, 11) is -3.48. The number of nitro groups is 1. The molecule has 0 bridgehead atoms. The Labute approximate surface area is 185 Å². The van der Waals surface area contributed by atoms with Crippen LogP contribution in [0.1, 0.15) is 12.8 Å². The van der Waals surface area contributed by atoms with Gasteiger partial charge < -0.3 is 9.88 Å². The van der Waals surface area contributed by atoms with Gasteiger partial charge in [0.1, 0.15) is 6.54 Å². The van der Waals surface area contributed by atoms with Gasteiger partial charge in [-0.15, -0.1) is 0 Å². The van der Waals surface area contributed by atoms with Gasteiger partial charge in [0, 0.05) is 48.9 Å². The fourth-order valence-corrected chi connectivity index (χ4v) is 5.49. The standard InChI is InChI=1S/C22H24N4O5S/c27-22(16-24-11-10-18-14-19(26(28)29)6-7-21(18)24)23-15-17-8-12-25(13-9-17)32(30,31)20-4-2-1-3-5-20/h1-7,10-11,14,17H,8-9,12-13,15-16H2,(H,23,27). The Bertz CT molecular complexity index is 1230. The van der Waals surface area contributed by atoms with Gasteiger partial charge in [0.15, 0.2) is 0 Å². The number of amides is 1. The molecular weight excluding hydrogens is 432 g/mol. The Balaban J connectivity index is 1.28.